The van der Waals surface area contributed by atoms with Crippen molar-refractivity contribution in [3.05, 3.63) is 42.0 Å². The highest BCUT2D eigenvalue weighted by Crippen LogP contribution is 2.26. The van der Waals surface area contributed by atoms with Gasteiger partial charge < -0.3 is 15.7 Å². The molecule has 0 radical (unpaired) electrons. The van der Waals surface area contributed by atoms with Crippen molar-refractivity contribution in [1.29, 1.82) is 5.26 Å². The third-order valence-corrected chi connectivity index (χ3v) is 2.92. The zero-order chi connectivity index (χ0) is 15.2. The normalized spacial score (nSPS) is 9.86. The molecule has 2 rings (SSSR count). The number of carboxylic acids is 1. The van der Waals surface area contributed by atoms with Crippen LogP contribution in [0.4, 0.5) is 5.69 Å². The number of anilines is 1. The van der Waals surface area contributed by atoms with Crippen molar-refractivity contribution >= 4 is 28.3 Å². The van der Waals surface area contributed by atoms with E-state index in [1.165, 1.54) is 0 Å². The summed E-state index contributed by atoms with van der Waals surface area (Å²) in [7, 11) is 0. The molecular formula is C15H13N3O3. The second-order valence-corrected chi connectivity index (χ2v) is 4.34. The third-order valence-electron chi connectivity index (χ3n) is 2.92. The van der Waals surface area contributed by atoms with E-state index in [0.29, 0.717) is 5.56 Å². The molecule has 2 aromatic rings. The number of nitriles is 1. The van der Waals surface area contributed by atoms with Gasteiger partial charge in [0.25, 0.3) is 0 Å². The summed E-state index contributed by atoms with van der Waals surface area (Å²) < 4.78 is 0. The monoisotopic (exact) mass is 283 g/mol. The molecule has 2 aromatic carbocycles. The summed E-state index contributed by atoms with van der Waals surface area (Å²) in [4.78, 5) is 21.8. The van der Waals surface area contributed by atoms with Gasteiger partial charge in [-0.2, -0.15) is 5.26 Å². The molecule has 106 valence electrons. The first kappa shape index (κ1) is 14.3. The standard InChI is InChI=1S/C15H13N3O3/c16-7-10-5-6-13(12-4-2-1-3-11(10)12)17-8-14(19)18-9-15(20)21/h1-6,17H,8-9H2,(H,18,19)(H,20,21). The molecule has 0 saturated heterocycles. The van der Waals surface area contributed by atoms with Crippen LogP contribution in [0.25, 0.3) is 10.8 Å². The first-order valence-electron chi connectivity index (χ1n) is 6.26. The Bertz CT molecular complexity index is 735. The SMILES string of the molecule is N#Cc1ccc(NCC(=O)NCC(=O)O)c2ccccc12. The summed E-state index contributed by atoms with van der Waals surface area (Å²) in [5, 5.41) is 24.4. The number of hydrogen-bond acceptors (Lipinski definition) is 4. The van der Waals surface area contributed by atoms with E-state index in [2.05, 4.69) is 16.7 Å². The lowest BCUT2D eigenvalue weighted by Crippen LogP contribution is -2.33. The highest BCUT2D eigenvalue weighted by Gasteiger charge is 2.07. The largest absolute Gasteiger partial charge is 0.480 e. The van der Waals surface area contributed by atoms with E-state index in [4.69, 9.17) is 10.4 Å². The van der Waals surface area contributed by atoms with Crippen molar-refractivity contribution < 1.29 is 14.7 Å². The Hall–Kier alpha value is -3.07. The van der Waals surface area contributed by atoms with E-state index in [1.54, 1.807) is 12.1 Å². The summed E-state index contributed by atoms with van der Waals surface area (Å²) in [5.41, 5.74) is 1.28. The fraction of sp³-hybridized carbons (Fsp3) is 0.133. The zero-order valence-corrected chi connectivity index (χ0v) is 11.1. The van der Waals surface area contributed by atoms with Gasteiger partial charge in [-0.3, -0.25) is 9.59 Å². The molecule has 0 atom stereocenters. The van der Waals surface area contributed by atoms with Crippen molar-refractivity contribution in [1.82, 2.24) is 5.32 Å². The Morgan fingerprint density at radius 1 is 1.10 bits per heavy atom. The second kappa shape index (κ2) is 6.39. The minimum absolute atomic E-state index is 0.0385. The molecule has 3 N–H and O–H groups in total. The molecule has 1 amide bonds. The lowest BCUT2D eigenvalue weighted by Gasteiger charge is -2.10. The minimum Gasteiger partial charge on any atom is -0.480 e. The van der Waals surface area contributed by atoms with Gasteiger partial charge in [0, 0.05) is 16.5 Å². The molecule has 0 saturated carbocycles. The number of hydrogen-bond donors (Lipinski definition) is 3. The number of benzene rings is 2. The highest BCUT2D eigenvalue weighted by atomic mass is 16.4. The van der Waals surface area contributed by atoms with Gasteiger partial charge in [0.2, 0.25) is 5.91 Å². The van der Waals surface area contributed by atoms with Crippen LogP contribution in [0.15, 0.2) is 36.4 Å². The van der Waals surface area contributed by atoms with Gasteiger partial charge in [-0.15, -0.1) is 0 Å². The molecular weight excluding hydrogens is 270 g/mol. The van der Waals surface area contributed by atoms with Gasteiger partial charge >= 0.3 is 5.97 Å². The van der Waals surface area contributed by atoms with Crippen LogP contribution in [0.2, 0.25) is 0 Å². The quantitative estimate of drug-likeness (QED) is 0.768. The fourth-order valence-electron chi connectivity index (χ4n) is 1.96. The number of nitrogens with zero attached hydrogens (tertiary/aromatic N) is 1. The summed E-state index contributed by atoms with van der Waals surface area (Å²) in [6, 6.07) is 12.9. The van der Waals surface area contributed by atoms with Crippen LogP contribution in [-0.4, -0.2) is 30.1 Å². The van der Waals surface area contributed by atoms with Crippen molar-refractivity contribution in [2.75, 3.05) is 18.4 Å². The summed E-state index contributed by atoms with van der Waals surface area (Å²) in [5.74, 6) is -1.50. The number of amides is 1. The van der Waals surface area contributed by atoms with Crippen molar-refractivity contribution in [2.24, 2.45) is 0 Å². The summed E-state index contributed by atoms with van der Waals surface area (Å²) >= 11 is 0. The maximum absolute atomic E-state index is 11.5. The van der Waals surface area contributed by atoms with Crippen LogP contribution >= 0.6 is 0 Å². The molecule has 0 bridgehead atoms. The molecule has 0 fully saturated rings. The van der Waals surface area contributed by atoms with Gasteiger partial charge in [0.15, 0.2) is 0 Å². The molecule has 0 aliphatic rings. The van der Waals surface area contributed by atoms with E-state index < -0.39 is 18.4 Å². The third kappa shape index (κ3) is 3.48. The Labute approximate surface area is 121 Å². The smallest absolute Gasteiger partial charge is 0.322 e. The van der Waals surface area contributed by atoms with Gasteiger partial charge in [-0.1, -0.05) is 24.3 Å². The number of fused-ring (bicyclic) bond motifs is 1. The Balaban J connectivity index is 2.15. The van der Waals surface area contributed by atoms with Crippen molar-refractivity contribution in [3.8, 4) is 6.07 Å². The number of rotatable bonds is 5. The molecule has 0 unspecified atom stereocenters. The minimum atomic E-state index is -1.09. The number of carbonyl (C=O) groups is 2. The fourth-order valence-corrected chi connectivity index (χ4v) is 1.96. The average molecular weight is 283 g/mol. The maximum Gasteiger partial charge on any atom is 0.322 e. The van der Waals surface area contributed by atoms with E-state index in [0.717, 1.165) is 16.5 Å². The van der Waals surface area contributed by atoms with Crippen LogP contribution < -0.4 is 10.6 Å². The van der Waals surface area contributed by atoms with E-state index >= 15 is 0 Å². The lowest BCUT2D eigenvalue weighted by molar-refractivity contribution is -0.137. The van der Waals surface area contributed by atoms with Crippen LogP contribution in [-0.2, 0) is 9.59 Å². The topological polar surface area (TPSA) is 102 Å². The maximum atomic E-state index is 11.5. The number of carbonyl (C=O) groups excluding carboxylic acids is 1. The van der Waals surface area contributed by atoms with Gasteiger partial charge in [0.05, 0.1) is 18.2 Å². The predicted octanol–water partition coefficient (Wildman–Crippen LogP) is 1.32. The second-order valence-electron chi connectivity index (χ2n) is 4.34. The molecule has 0 aliphatic carbocycles. The summed E-state index contributed by atoms with van der Waals surface area (Å²) in [6.45, 7) is -0.447. The molecule has 6 nitrogen and oxygen atoms in total. The lowest BCUT2D eigenvalue weighted by atomic mass is 10.0. The first-order chi connectivity index (χ1) is 10.1. The first-order valence-corrected chi connectivity index (χ1v) is 6.26. The van der Waals surface area contributed by atoms with Gasteiger partial charge in [-0.05, 0) is 12.1 Å². The number of carboxylic acid groups (broad SMARTS) is 1. The molecule has 6 heteroatoms. The Kier molecular flexibility index (Phi) is 4.36. The van der Waals surface area contributed by atoms with Crippen molar-refractivity contribution in [3.63, 3.8) is 0 Å². The van der Waals surface area contributed by atoms with Crippen LogP contribution in [0, 0.1) is 11.3 Å². The van der Waals surface area contributed by atoms with Crippen LogP contribution in [0.5, 0.6) is 0 Å². The highest BCUT2D eigenvalue weighted by molar-refractivity contribution is 5.98. The predicted molar refractivity (Wildman–Crippen MR) is 77.8 cm³/mol. The molecule has 0 aliphatic heterocycles. The van der Waals surface area contributed by atoms with Crippen LogP contribution in [0.1, 0.15) is 5.56 Å². The Morgan fingerprint density at radius 2 is 1.81 bits per heavy atom. The van der Waals surface area contributed by atoms with Crippen LogP contribution in [0.3, 0.4) is 0 Å². The molecule has 0 spiro atoms. The van der Waals surface area contributed by atoms with E-state index in [1.807, 2.05) is 24.3 Å². The van der Waals surface area contributed by atoms with Crippen molar-refractivity contribution in [2.45, 2.75) is 0 Å². The molecule has 21 heavy (non-hydrogen) atoms. The zero-order valence-electron chi connectivity index (χ0n) is 11.1. The number of aliphatic carboxylic acids is 1. The Morgan fingerprint density at radius 3 is 2.48 bits per heavy atom. The van der Waals surface area contributed by atoms with Gasteiger partial charge in [0.1, 0.15) is 6.54 Å². The molecule has 0 heterocycles. The number of nitrogens with one attached hydrogen (secondary N) is 2. The van der Waals surface area contributed by atoms with E-state index in [-0.39, 0.29) is 6.54 Å². The van der Waals surface area contributed by atoms with E-state index in [9.17, 15) is 9.59 Å². The average Bonchev–Trinajstić information content (AvgIpc) is 2.50. The summed E-state index contributed by atoms with van der Waals surface area (Å²) in [6.07, 6.45) is 0. The molecule has 0 aromatic heterocycles. The van der Waals surface area contributed by atoms with Gasteiger partial charge in [-0.25, -0.2) is 0 Å².